The number of hydrazine groups is 1. The molecule has 16 heteroatoms. The molecule has 0 saturated carbocycles. The second-order valence-electron chi connectivity index (χ2n) is 11.3. The van der Waals surface area contributed by atoms with E-state index in [0.29, 0.717) is 40.6 Å². The number of carboxylic acids is 2. The number of carbonyl (C=O) groups is 4. The van der Waals surface area contributed by atoms with E-state index in [9.17, 15) is 32.7 Å². The standard InChI is InChI=1S/C33H37N5O6.C2HF3O2/c1-5-43-30-17-24(10-12-29(30)44-20(2)3)32(38(34)27-11-9-25-19-35-14-13-22(25)16-27)33(42)37-28(18-31(40)41)23-7-6-8-26(15-23)36-21(4)39;3-2(4,5)1(6)7/h6-17,19-20,28,32H,5,18,34H2,1-4H3,(H,36,39)(H,37,42)(H,40,41);(H,6,7)/t28-,32?;/m1./s1. The summed E-state index contributed by atoms with van der Waals surface area (Å²) in [5, 5.41) is 25.6. The van der Waals surface area contributed by atoms with Gasteiger partial charge in [-0.2, -0.15) is 13.2 Å². The van der Waals surface area contributed by atoms with E-state index < -0.39 is 42.5 Å². The molecule has 0 saturated heterocycles. The fourth-order valence-corrected chi connectivity index (χ4v) is 4.85. The molecule has 0 aliphatic rings. The second kappa shape index (κ2) is 17.7. The van der Waals surface area contributed by atoms with Crippen molar-refractivity contribution in [3.63, 3.8) is 0 Å². The van der Waals surface area contributed by atoms with Crippen LogP contribution in [-0.4, -0.2) is 57.8 Å². The third kappa shape index (κ3) is 11.6. The first-order valence-electron chi connectivity index (χ1n) is 15.5. The predicted octanol–water partition coefficient (Wildman–Crippen LogP) is 5.77. The van der Waals surface area contributed by atoms with Crippen molar-refractivity contribution in [3.05, 3.63) is 90.3 Å². The Bertz CT molecular complexity index is 1850. The van der Waals surface area contributed by atoms with Crippen molar-refractivity contribution in [2.75, 3.05) is 16.9 Å². The van der Waals surface area contributed by atoms with Crippen LogP contribution in [0, 0.1) is 0 Å². The van der Waals surface area contributed by atoms with Gasteiger partial charge >= 0.3 is 18.1 Å². The smallest absolute Gasteiger partial charge is 0.490 e. The molecule has 1 unspecified atom stereocenters. The minimum atomic E-state index is -5.08. The summed E-state index contributed by atoms with van der Waals surface area (Å²) < 4.78 is 43.5. The highest BCUT2D eigenvalue weighted by atomic mass is 19.4. The molecule has 0 radical (unpaired) electrons. The molecule has 6 N–H and O–H groups in total. The number of nitrogens with zero attached hydrogens (tertiary/aromatic N) is 2. The number of aliphatic carboxylic acids is 2. The Morgan fingerprint density at radius 2 is 1.65 bits per heavy atom. The summed E-state index contributed by atoms with van der Waals surface area (Å²) in [7, 11) is 0. The number of ether oxygens (including phenoxy) is 2. The van der Waals surface area contributed by atoms with Crippen LogP contribution in [0.15, 0.2) is 79.1 Å². The average molecular weight is 714 g/mol. The third-order valence-electron chi connectivity index (χ3n) is 6.94. The van der Waals surface area contributed by atoms with Crippen LogP contribution in [0.3, 0.4) is 0 Å². The molecule has 0 aliphatic heterocycles. The molecule has 1 aromatic heterocycles. The van der Waals surface area contributed by atoms with Gasteiger partial charge in [-0.05, 0) is 79.7 Å². The van der Waals surface area contributed by atoms with Gasteiger partial charge in [-0.3, -0.25) is 24.4 Å². The minimum absolute atomic E-state index is 0.109. The largest absolute Gasteiger partial charge is 0.490 e. The van der Waals surface area contributed by atoms with Crippen LogP contribution in [0.2, 0.25) is 0 Å². The minimum Gasteiger partial charge on any atom is -0.490 e. The Morgan fingerprint density at radius 1 is 0.941 bits per heavy atom. The number of halogens is 3. The lowest BCUT2D eigenvalue weighted by atomic mass is 9.99. The number of nitrogens with one attached hydrogen (secondary N) is 2. The molecule has 4 rings (SSSR count). The van der Waals surface area contributed by atoms with Crippen LogP contribution in [-0.2, 0) is 19.2 Å². The van der Waals surface area contributed by atoms with Gasteiger partial charge in [0.15, 0.2) is 11.5 Å². The lowest BCUT2D eigenvalue weighted by molar-refractivity contribution is -0.192. The molecular weight excluding hydrogens is 675 g/mol. The number of hydrogen-bond donors (Lipinski definition) is 5. The van der Waals surface area contributed by atoms with E-state index in [1.54, 1.807) is 60.9 Å². The molecule has 272 valence electrons. The topological polar surface area (TPSA) is 193 Å². The van der Waals surface area contributed by atoms with E-state index in [1.807, 2.05) is 39.0 Å². The first-order valence-corrected chi connectivity index (χ1v) is 15.5. The monoisotopic (exact) mass is 713 g/mol. The number of aromatic nitrogens is 1. The van der Waals surface area contributed by atoms with Crippen LogP contribution in [0.1, 0.15) is 57.3 Å². The summed E-state index contributed by atoms with van der Waals surface area (Å²) in [4.78, 5) is 50.8. The van der Waals surface area contributed by atoms with Crippen LogP contribution < -0.4 is 31.0 Å². The Morgan fingerprint density at radius 3 is 2.25 bits per heavy atom. The van der Waals surface area contributed by atoms with Crippen molar-refractivity contribution < 1.29 is 52.0 Å². The number of hydrogen-bond acceptors (Lipinski definition) is 9. The molecule has 2 amide bonds. The third-order valence-corrected chi connectivity index (χ3v) is 6.94. The Balaban J connectivity index is 0.000000908. The van der Waals surface area contributed by atoms with Crippen LogP contribution in [0.4, 0.5) is 24.5 Å². The van der Waals surface area contributed by atoms with Gasteiger partial charge in [-0.1, -0.05) is 24.3 Å². The zero-order chi connectivity index (χ0) is 37.9. The lowest BCUT2D eigenvalue weighted by Gasteiger charge is -2.31. The molecule has 3 aromatic carbocycles. The zero-order valence-corrected chi connectivity index (χ0v) is 28.1. The van der Waals surface area contributed by atoms with E-state index in [0.717, 1.165) is 10.8 Å². The highest BCUT2D eigenvalue weighted by Crippen LogP contribution is 2.35. The van der Waals surface area contributed by atoms with E-state index in [4.69, 9.17) is 25.2 Å². The number of fused-ring (bicyclic) bond motifs is 1. The summed E-state index contributed by atoms with van der Waals surface area (Å²) in [6.07, 6.45) is -2.19. The van der Waals surface area contributed by atoms with Crippen molar-refractivity contribution in [2.24, 2.45) is 5.84 Å². The Labute approximate surface area is 291 Å². The molecule has 51 heavy (non-hydrogen) atoms. The fourth-order valence-electron chi connectivity index (χ4n) is 4.85. The summed E-state index contributed by atoms with van der Waals surface area (Å²) in [6, 6.07) is 17.2. The number of rotatable bonds is 13. The highest BCUT2D eigenvalue weighted by Gasteiger charge is 2.38. The summed E-state index contributed by atoms with van der Waals surface area (Å²) in [5.41, 5.74) is 2.03. The van der Waals surface area contributed by atoms with Crippen LogP contribution in [0.25, 0.3) is 10.8 Å². The van der Waals surface area contributed by atoms with E-state index >= 15 is 0 Å². The molecule has 13 nitrogen and oxygen atoms in total. The molecule has 4 aromatic rings. The van der Waals surface area contributed by atoms with E-state index in [2.05, 4.69) is 15.6 Å². The van der Waals surface area contributed by atoms with Gasteiger partial charge in [0.1, 0.15) is 6.04 Å². The lowest BCUT2D eigenvalue weighted by Crippen LogP contribution is -2.45. The molecule has 0 aliphatic carbocycles. The number of nitrogens with two attached hydrogens (primary N) is 1. The van der Waals surface area contributed by atoms with E-state index in [-0.39, 0.29) is 12.0 Å². The fraction of sp³-hybridized carbons (Fsp3) is 0.286. The first kappa shape index (κ1) is 39.5. The molecule has 0 bridgehead atoms. The van der Waals surface area contributed by atoms with Crippen molar-refractivity contribution in [3.8, 4) is 11.5 Å². The van der Waals surface area contributed by atoms with Gasteiger partial charge in [0.25, 0.3) is 0 Å². The van der Waals surface area contributed by atoms with Gasteiger partial charge in [0, 0.05) is 30.4 Å². The van der Waals surface area contributed by atoms with Crippen LogP contribution >= 0.6 is 0 Å². The van der Waals surface area contributed by atoms with Gasteiger partial charge in [-0.15, -0.1) is 0 Å². The van der Waals surface area contributed by atoms with Gasteiger partial charge < -0.3 is 30.3 Å². The zero-order valence-electron chi connectivity index (χ0n) is 28.1. The maximum atomic E-state index is 14.2. The maximum Gasteiger partial charge on any atom is 0.490 e. The number of carboxylic acid groups (broad SMARTS) is 2. The Kier molecular flexibility index (Phi) is 13.7. The highest BCUT2D eigenvalue weighted by molar-refractivity contribution is 5.90. The number of benzene rings is 3. The van der Waals surface area contributed by atoms with Crippen molar-refractivity contribution in [1.82, 2.24) is 10.3 Å². The van der Waals surface area contributed by atoms with Gasteiger partial charge in [0.2, 0.25) is 11.8 Å². The molecule has 0 fully saturated rings. The number of carbonyl (C=O) groups excluding carboxylic acids is 2. The summed E-state index contributed by atoms with van der Waals surface area (Å²) in [5.74, 6) is 2.99. The molecule has 0 spiro atoms. The second-order valence-corrected chi connectivity index (χ2v) is 11.3. The van der Waals surface area contributed by atoms with Gasteiger partial charge in [0.05, 0.1) is 30.9 Å². The van der Waals surface area contributed by atoms with Crippen molar-refractivity contribution >= 4 is 45.9 Å². The molecule has 2 atom stereocenters. The normalized spacial score (nSPS) is 12.2. The SMILES string of the molecule is CCOc1cc(C(C(=O)N[C@H](CC(=O)O)c2cccc(NC(C)=O)c2)N(N)c2ccc3cnccc3c2)ccc1OC(C)C.O=C(O)C(F)(F)F. The quantitative estimate of drug-likeness (QED) is 0.0835. The average Bonchev–Trinajstić information content (AvgIpc) is 3.05. The molecular formula is C35H38F3N5O8. The Hall–Kier alpha value is -5.90. The maximum absolute atomic E-state index is 14.2. The first-order chi connectivity index (χ1) is 24.0. The summed E-state index contributed by atoms with van der Waals surface area (Å²) >= 11 is 0. The number of pyridine rings is 1. The van der Waals surface area contributed by atoms with E-state index in [1.165, 1.54) is 11.9 Å². The predicted molar refractivity (Wildman–Crippen MR) is 182 cm³/mol. The number of amides is 2. The van der Waals surface area contributed by atoms with Crippen molar-refractivity contribution in [1.29, 1.82) is 0 Å². The number of anilines is 2. The van der Waals surface area contributed by atoms with Crippen LogP contribution in [0.5, 0.6) is 11.5 Å². The van der Waals surface area contributed by atoms with Crippen molar-refractivity contribution in [2.45, 2.75) is 58.5 Å². The molecule has 1 heterocycles. The summed E-state index contributed by atoms with van der Waals surface area (Å²) in [6.45, 7) is 7.40. The number of alkyl halides is 3. The van der Waals surface area contributed by atoms with Gasteiger partial charge in [-0.25, -0.2) is 10.6 Å².